The molecule has 0 amide bonds. The minimum absolute atomic E-state index is 0.120. The summed E-state index contributed by atoms with van der Waals surface area (Å²) in [4.78, 5) is 11.2. The summed E-state index contributed by atoms with van der Waals surface area (Å²) < 4.78 is 0. The second-order valence-electron chi connectivity index (χ2n) is 7.90. The fraction of sp³-hybridized carbons (Fsp3) is 0.722. The molecule has 0 aromatic heterocycles. The molecule has 0 heterocycles. The van der Waals surface area contributed by atoms with E-state index in [4.69, 9.17) is 0 Å². The van der Waals surface area contributed by atoms with Crippen molar-refractivity contribution in [2.75, 3.05) is 0 Å². The maximum atomic E-state index is 11.2. The van der Waals surface area contributed by atoms with E-state index in [1.807, 2.05) is 0 Å². The standard InChI is InChI=1S/C18H30O/c1-12-11-16(17(4,5)6)14(3)15(18(12,7)8)10-9-13(2)19/h9-10,12,15-16H,3,11H2,1-2,4-8H3/b10-9+. The fourth-order valence-electron chi connectivity index (χ4n) is 3.32. The zero-order valence-electron chi connectivity index (χ0n) is 13.7. The van der Waals surface area contributed by atoms with E-state index < -0.39 is 0 Å². The summed E-state index contributed by atoms with van der Waals surface area (Å²) in [7, 11) is 0. The van der Waals surface area contributed by atoms with Crippen molar-refractivity contribution in [2.24, 2.45) is 28.6 Å². The molecule has 0 spiro atoms. The Morgan fingerprint density at radius 3 is 2.32 bits per heavy atom. The maximum Gasteiger partial charge on any atom is 0.152 e. The smallest absolute Gasteiger partial charge is 0.152 e. The van der Waals surface area contributed by atoms with Crippen LogP contribution in [-0.4, -0.2) is 5.78 Å². The molecule has 108 valence electrons. The molecule has 0 aromatic rings. The third-order valence-corrected chi connectivity index (χ3v) is 5.08. The summed E-state index contributed by atoms with van der Waals surface area (Å²) in [6.45, 7) is 19.8. The van der Waals surface area contributed by atoms with Crippen molar-refractivity contribution in [3.63, 3.8) is 0 Å². The lowest BCUT2D eigenvalue weighted by Crippen LogP contribution is -2.42. The van der Waals surface area contributed by atoms with Gasteiger partial charge in [-0.2, -0.15) is 0 Å². The first-order chi connectivity index (χ1) is 8.48. The predicted octanol–water partition coefficient (Wildman–Crippen LogP) is 5.03. The van der Waals surface area contributed by atoms with Gasteiger partial charge in [0.25, 0.3) is 0 Å². The molecule has 0 N–H and O–H groups in total. The average Bonchev–Trinajstić information content (AvgIpc) is 2.21. The molecule has 1 heteroatoms. The number of allylic oxidation sites excluding steroid dienone is 3. The number of rotatable bonds is 2. The van der Waals surface area contributed by atoms with Crippen LogP contribution in [0, 0.1) is 28.6 Å². The van der Waals surface area contributed by atoms with Crippen LogP contribution in [0.4, 0.5) is 0 Å². The van der Waals surface area contributed by atoms with Gasteiger partial charge in [-0.3, -0.25) is 4.79 Å². The highest BCUT2D eigenvalue weighted by Crippen LogP contribution is 2.54. The molecule has 0 aliphatic heterocycles. The average molecular weight is 262 g/mol. The summed E-state index contributed by atoms with van der Waals surface area (Å²) in [5.74, 6) is 1.57. The van der Waals surface area contributed by atoms with Crippen LogP contribution < -0.4 is 0 Å². The van der Waals surface area contributed by atoms with Crippen LogP contribution in [0.25, 0.3) is 0 Å². The fourth-order valence-corrected chi connectivity index (χ4v) is 3.32. The van der Waals surface area contributed by atoms with E-state index in [1.165, 1.54) is 12.0 Å². The SMILES string of the molecule is C=C1C(C(C)(C)C)CC(C)C(C)(C)C1/C=C/C(C)=O. The van der Waals surface area contributed by atoms with Crippen molar-refractivity contribution in [2.45, 2.75) is 54.9 Å². The number of carbonyl (C=O) groups is 1. The van der Waals surface area contributed by atoms with Gasteiger partial charge >= 0.3 is 0 Å². The Labute approximate surface area is 119 Å². The second kappa shape index (κ2) is 5.26. The van der Waals surface area contributed by atoms with Crippen molar-refractivity contribution in [1.82, 2.24) is 0 Å². The van der Waals surface area contributed by atoms with Gasteiger partial charge in [-0.1, -0.05) is 59.8 Å². The summed E-state index contributed by atoms with van der Waals surface area (Å²) in [5, 5.41) is 0. The Hall–Kier alpha value is -0.850. The van der Waals surface area contributed by atoms with E-state index in [0.717, 1.165) is 0 Å². The minimum Gasteiger partial charge on any atom is -0.295 e. The van der Waals surface area contributed by atoms with Crippen LogP contribution in [0.3, 0.4) is 0 Å². The Kier molecular flexibility index (Phi) is 4.49. The van der Waals surface area contributed by atoms with Crippen LogP contribution in [0.1, 0.15) is 54.9 Å². The third kappa shape index (κ3) is 3.38. The summed E-state index contributed by atoms with van der Waals surface area (Å²) >= 11 is 0. The summed E-state index contributed by atoms with van der Waals surface area (Å²) in [5.41, 5.74) is 1.71. The zero-order chi connectivity index (χ0) is 15.0. The molecule has 0 bridgehead atoms. The van der Waals surface area contributed by atoms with E-state index >= 15 is 0 Å². The van der Waals surface area contributed by atoms with Gasteiger partial charge in [0.15, 0.2) is 5.78 Å². The highest BCUT2D eigenvalue weighted by molar-refractivity contribution is 5.87. The molecule has 1 nitrogen and oxygen atoms in total. The van der Waals surface area contributed by atoms with Gasteiger partial charge in [0.05, 0.1) is 0 Å². The van der Waals surface area contributed by atoms with Gasteiger partial charge in [0.2, 0.25) is 0 Å². The van der Waals surface area contributed by atoms with Crippen LogP contribution in [-0.2, 0) is 4.79 Å². The van der Waals surface area contributed by atoms with Gasteiger partial charge < -0.3 is 0 Å². The van der Waals surface area contributed by atoms with Gasteiger partial charge in [-0.25, -0.2) is 0 Å². The minimum atomic E-state index is 0.120. The van der Waals surface area contributed by atoms with Crippen molar-refractivity contribution < 1.29 is 4.79 Å². The van der Waals surface area contributed by atoms with Crippen molar-refractivity contribution in [3.8, 4) is 0 Å². The lowest BCUT2D eigenvalue weighted by molar-refractivity contribution is -0.112. The van der Waals surface area contributed by atoms with E-state index in [-0.39, 0.29) is 16.6 Å². The molecule has 3 atom stereocenters. The normalized spacial score (nSPS) is 31.7. The van der Waals surface area contributed by atoms with E-state index in [2.05, 4.69) is 54.2 Å². The van der Waals surface area contributed by atoms with Crippen LogP contribution in [0.2, 0.25) is 0 Å². The van der Waals surface area contributed by atoms with Gasteiger partial charge in [0, 0.05) is 5.92 Å². The van der Waals surface area contributed by atoms with E-state index in [0.29, 0.717) is 17.8 Å². The van der Waals surface area contributed by atoms with Crippen molar-refractivity contribution >= 4 is 5.78 Å². The molecule has 19 heavy (non-hydrogen) atoms. The van der Waals surface area contributed by atoms with Gasteiger partial charge in [-0.05, 0) is 42.1 Å². The van der Waals surface area contributed by atoms with Crippen LogP contribution in [0.15, 0.2) is 24.3 Å². The Bertz CT molecular complexity index is 392. The number of hydrogen-bond acceptors (Lipinski definition) is 1. The molecule has 1 aliphatic carbocycles. The Morgan fingerprint density at radius 1 is 1.37 bits per heavy atom. The van der Waals surface area contributed by atoms with E-state index in [1.54, 1.807) is 13.0 Å². The molecular weight excluding hydrogens is 232 g/mol. The monoisotopic (exact) mass is 262 g/mol. The molecule has 0 radical (unpaired) electrons. The third-order valence-electron chi connectivity index (χ3n) is 5.08. The van der Waals surface area contributed by atoms with Gasteiger partial charge in [-0.15, -0.1) is 0 Å². The molecule has 1 aliphatic rings. The molecule has 0 aromatic carbocycles. The number of hydrogen-bond donors (Lipinski definition) is 0. The maximum absolute atomic E-state index is 11.2. The first-order valence-electron chi connectivity index (χ1n) is 7.35. The number of carbonyl (C=O) groups excluding carboxylic acids is 1. The highest BCUT2D eigenvalue weighted by Gasteiger charge is 2.45. The quantitative estimate of drug-likeness (QED) is 0.504. The van der Waals surface area contributed by atoms with E-state index in [9.17, 15) is 4.79 Å². The first-order valence-corrected chi connectivity index (χ1v) is 7.35. The summed E-state index contributed by atoms with van der Waals surface area (Å²) in [6, 6.07) is 0. The topological polar surface area (TPSA) is 17.1 Å². The first kappa shape index (κ1) is 16.2. The number of ketones is 1. The predicted molar refractivity (Wildman–Crippen MR) is 83.0 cm³/mol. The Morgan fingerprint density at radius 2 is 1.89 bits per heavy atom. The lowest BCUT2D eigenvalue weighted by Gasteiger charge is -2.51. The van der Waals surface area contributed by atoms with Crippen molar-refractivity contribution in [1.29, 1.82) is 0 Å². The van der Waals surface area contributed by atoms with Crippen LogP contribution in [0.5, 0.6) is 0 Å². The Balaban J connectivity index is 3.14. The van der Waals surface area contributed by atoms with Crippen molar-refractivity contribution in [3.05, 3.63) is 24.3 Å². The molecule has 1 fully saturated rings. The molecule has 0 saturated heterocycles. The molecule has 1 saturated carbocycles. The molecule has 1 rings (SSSR count). The molecule has 3 unspecified atom stereocenters. The van der Waals surface area contributed by atoms with Gasteiger partial charge in [0.1, 0.15) is 0 Å². The zero-order valence-corrected chi connectivity index (χ0v) is 13.7. The highest BCUT2D eigenvalue weighted by atomic mass is 16.1. The lowest BCUT2D eigenvalue weighted by atomic mass is 9.54. The molecular formula is C18H30O. The summed E-state index contributed by atoms with van der Waals surface area (Å²) in [6.07, 6.45) is 4.99. The second-order valence-corrected chi connectivity index (χ2v) is 7.90. The largest absolute Gasteiger partial charge is 0.295 e. The van der Waals surface area contributed by atoms with Crippen LogP contribution >= 0.6 is 0 Å².